The number of nitrogens with one attached hydrogen (secondary N) is 3. The van der Waals surface area contributed by atoms with Crippen molar-refractivity contribution in [3.8, 4) is 0 Å². The summed E-state index contributed by atoms with van der Waals surface area (Å²) in [6.07, 6.45) is 7.16. The highest BCUT2D eigenvalue weighted by molar-refractivity contribution is 5.76. The monoisotopic (exact) mass is 331 g/mol. The second-order valence-electron chi connectivity index (χ2n) is 7.84. The van der Waals surface area contributed by atoms with Gasteiger partial charge in [-0.15, -0.1) is 0 Å². The number of fused-ring (bicyclic) bond motifs is 5. The summed E-state index contributed by atoms with van der Waals surface area (Å²) in [5.41, 5.74) is 0.149. The van der Waals surface area contributed by atoms with Crippen molar-refractivity contribution < 1.29 is 4.79 Å². The average molecular weight is 331 g/mol. The van der Waals surface area contributed by atoms with Crippen LogP contribution in [0.4, 0.5) is 0 Å². The Balaban J connectivity index is 1.35. The number of rotatable bonds is 4. The van der Waals surface area contributed by atoms with Gasteiger partial charge in [0.2, 0.25) is 5.91 Å². The second-order valence-corrected chi connectivity index (χ2v) is 7.84. The first-order chi connectivity index (χ1) is 11.5. The molecule has 0 spiro atoms. The van der Waals surface area contributed by atoms with E-state index in [1.54, 1.807) is 6.92 Å². The number of hydrogen-bond acceptors (Lipinski definition) is 3. The molecular formula is C18H25N3O3. The number of aryl methyl sites for hydroxylation is 1. The van der Waals surface area contributed by atoms with Gasteiger partial charge in [0.05, 0.1) is 0 Å². The first-order valence-electron chi connectivity index (χ1n) is 9.14. The highest BCUT2D eigenvalue weighted by atomic mass is 16.2. The smallest absolute Gasteiger partial charge is 0.325 e. The predicted molar refractivity (Wildman–Crippen MR) is 89.7 cm³/mol. The Labute approximate surface area is 140 Å². The Morgan fingerprint density at radius 2 is 1.92 bits per heavy atom. The first kappa shape index (κ1) is 15.7. The molecular weight excluding hydrogens is 306 g/mol. The molecule has 3 fully saturated rings. The molecule has 0 aromatic carbocycles. The standard InChI is InChI=1S/C18H25N3O3/c1-9-11(17(23)21-18(24)19-9)5-6-16(22)20-15-8-10-7-14(15)13-4-2-3-12(10)13/h10,12-15H,2-8H2,1H3,(H,20,22)(H2,19,21,23,24)/t10-,12-,13-,14+,15-/m1/s1. The lowest BCUT2D eigenvalue weighted by atomic mass is 9.79. The van der Waals surface area contributed by atoms with Gasteiger partial charge in [-0.25, -0.2) is 4.79 Å². The number of amides is 1. The molecule has 1 aromatic rings. The van der Waals surface area contributed by atoms with Gasteiger partial charge in [-0.1, -0.05) is 6.42 Å². The van der Waals surface area contributed by atoms with Gasteiger partial charge in [0, 0.05) is 23.7 Å². The van der Waals surface area contributed by atoms with Crippen molar-refractivity contribution in [1.29, 1.82) is 0 Å². The number of hydrogen-bond donors (Lipinski definition) is 3. The zero-order chi connectivity index (χ0) is 16.8. The van der Waals surface area contributed by atoms with E-state index in [-0.39, 0.29) is 12.3 Å². The topological polar surface area (TPSA) is 94.8 Å². The summed E-state index contributed by atoms with van der Waals surface area (Å²) in [5, 5.41) is 3.22. The van der Waals surface area contributed by atoms with Crippen molar-refractivity contribution in [3.05, 3.63) is 32.1 Å². The van der Waals surface area contributed by atoms with Crippen LogP contribution in [-0.2, 0) is 11.2 Å². The van der Waals surface area contributed by atoms with Gasteiger partial charge in [0.15, 0.2) is 0 Å². The maximum absolute atomic E-state index is 12.3. The first-order valence-corrected chi connectivity index (χ1v) is 9.14. The third kappa shape index (κ3) is 2.62. The molecule has 130 valence electrons. The van der Waals surface area contributed by atoms with Crippen molar-refractivity contribution in [2.24, 2.45) is 23.7 Å². The van der Waals surface area contributed by atoms with Crippen LogP contribution in [0.1, 0.15) is 49.8 Å². The average Bonchev–Trinajstić information content (AvgIpc) is 3.18. The quantitative estimate of drug-likeness (QED) is 0.775. The van der Waals surface area contributed by atoms with Gasteiger partial charge < -0.3 is 10.3 Å². The van der Waals surface area contributed by atoms with E-state index < -0.39 is 11.2 Å². The van der Waals surface area contributed by atoms with Gasteiger partial charge in [-0.2, -0.15) is 0 Å². The number of aromatic nitrogens is 2. The summed E-state index contributed by atoms with van der Waals surface area (Å²) in [4.78, 5) is 40.2. The van der Waals surface area contributed by atoms with Crippen molar-refractivity contribution >= 4 is 5.91 Å². The fraction of sp³-hybridized carbons (Fsp3) is 0.722. The molecule has 1 heterocycles. The normalized spacial score (nSPS) is 33.6. The zero-order valence-electron chi connectivity index (χ0n) is 14.1. The van der Waals surface area contributed by atoms with E-state index >= 15 is 0 Å². The van der Waals surface area contributed by atoms with Gasteiger partial charge in [0.1, 0.15) is 0 Å². The minimum atomic E-state index is -0.501. The fourth-order valence-corrected chi connectivity index (χ4v) is 5.68. The molecule has 4 rings (SSSR count). The van der Waals surface area contributed by atoms with Crippen LogP contribution < -0.4 is 16.6 Å². The van der Waals surface area contributed by atoms with Gasteiger partial charge in [-0.05, 0) is 62.7 Å². The summed E-state index contributed by atoms with van der Waals surface area (Å²) in [6.45, 7) is 1.69. The third-order valence-corrected chi connectivity index (χ3v) is 6.63. The molecule has 24 heavy (non-hydrogen) atoms. The summed E-state index contributed by atoms with van der Waals surface area (Å²) in [6, 6.07) is 0.330. The summed E-state index contributed by atoms with van der Waals surface area (Å²) in [5.74, 6) is 3.26. The number of carbonyl (C=O) groups excluding carboxylic acids is 1. The van der Waals surface area contributed by atoms with E-state index in [1.165, 1.54) is 25.7 Å². The predicted octanol–water partition coefficient (Wildman–Crippen LogP) is 1.25. The van der Waals surface area contributed by atoms with Crippen molar-refractivity contribution in [1.82, 2.24) is 15.3 Å². The van der Waals surface area contributed by atoms with Crippen LogP contribution in [-0.4, -0.2) is 21.9 Å². The molecule has 1 amide bonds. The Morgan fingerprint density at radius 1 is 1.12 bits per heavy atom. The van der Waals surface area contributed by atoms with Gasteiger partial charge >= 0.3 is 5.69 Å². The molecule has 6 nitrogen and oxygen atoms in total. The van der Waals surface area contributed by atoms with Crippen LogP contribution in [0.15, 0.2) is 9.59 Å². The molecule has 6 heteroatoms. The minimum absolute atomic E-state index is 0.0205. The van der Waals surface area contributed by atoms with Gasteiger partial charge in [-0.3, -0.25) is 14.6 Å². The zero-order valence-corrected chi connectivity index (χ0v) is 14.1. The van der Waals surface area contributed by atoms with Crippen LogP contribution >= 0.6 is 0 Å². The van der Waals surface area contributed by atoms with E-state index in [1.807, 2.05) is 0 Å². The van der Waals surface area contributed by atoms with E-state index in [0.717, 1.165) is 24.2 Å². The van der Waals surface area contributed by atoms with E-state index in [4.69, 9.17) is 0 Å². The largest absolute Gasteiger partial charge is 0.353 e. The third-order valence-electron chi connectivity index (χ3n) is 6.63. The van der Waals surface area contributed by atoms with E-state index in [2.05, 4.69) is 15.3 Å². The van der Waals surface area contributed by atoms with E-state index in [9.17, 15) is 14.4 Å². The molecule has 3 aliphatic carbocycles. The molecule has 3 N–H and O–H groups in total. The van der Waals surface area contributed by atoms with E-state index in [0.29, 0.717) is 29.6 Å². The van der Waals surface area contributed by atoms with Crippen molar-refractivity contribution in [2.45, 2.75) is 57.9 Å². The lowest BCUT2D eigenvalue weighted by Gasteiger charge is -2.32. The lowest BCUT2D eigenvalue weighted by Crippen LogP contribution is -2.42. The molecule has 2 bridgehead atoms. The van der Waals surface area contributed by atoms with Crippen LogP contribution in [0.3, 0.4) is 0 Å². The Morgan fingerprint density at radius 3 is 2.71 bits per heavy atom. The lowest BCUT2D eigenvalue weighted by molar-refractivity contribution is -0.122. The minimum Gasteiger partial charge on any atom is -0.353 e. The molecule has 1 aromatic heterocycles. The van der Waals surface area contributed by atoms with Crippen LogP contribution in [0.2, 0.25) is 0 Å². The summed E-state index contributed by atoms with van der Waals surface area (Å²) < 4.78 is 0. The highest BCUT2D eigenvalue weighted by Gasteiger charge is 2.53. The SMILES string of the molecule is Cc1[nH]c(=O)[nH]c(=O)c1CCC(=O)N[C@@H]1C[C@H]2C[C@H]1[C@@H]1CCC[C@H]21. The second kappa shape index (κ2) is 5.90. The molecule has 0 radical (unpaired) electrons. The van der Waals surface area contributed by atoms with Crippen molar-refractivity contribution in [3.63, 3.8) is 0 Å². The Kier molecular flexibility index (Phi) is 3.85. The maximum atomic E-state index is 12.3. The number of carbonyl (C=O) groups is 1. The summed E-state index contributed by atoms with van der Waals surface area (Å²) >= 11 is 0. The molecule has 5 atom stereocenters. The van der Waals surface area contributed by atoms with Crippen molar-refractivity contribution in [2.75, 3.05) is 0 Å². The van der Waals surface area contributed by atoms with Gasteiger partial charge in [0.25, 0.3) is 5.56 Å². The summed E-state index contributed by atoms with van der Waals surface area (Å²) in [7, 11) is 0. The van der Waals surface area contributed by atoms with Crippen LogP contribution in [0.25, 0.3) is 0 Å². The molecule has 0 unspecified atom stereocenters. The molecule has 0 saturated heterocycles. The Bertz CT molecular complexity index is 766. The maximum Gasteiger partial charge on any atom is 0.325 e. The number of H-pyrrole nitrogens is 2. The number of aromatic amines is 2. The van der Waals surface area contributed by atoms with Crippen LogP contribution in [0, 0.1) is 30.6 Å². The molecule has 3 aliphatic rings. The Hall–Kier alpha value is -1.85. The highest BCUT2D eigenvalue weighted by Crippen LogP contribution is 2.58. The fourth-order valence-electron chi connectivity index (χ4n) is 5.68. The van der Waals surface area contributed by atoms with Crippen LogP contribution in [0.5, 0.6) is 0 Å². The molecule has 0 aliphatic heterocycles. The molecule has 3 saturated carbocycles.